The molecule has 0 spiro atoms. The average Bonchev–Trinajstić information content (AvgIpc) is 2.49. The number of allylic oxidation sites excluding steroid dienone is 4. The SMILES string of the molecule is C[Si](C)C1=CCC([Si](C)(C)[Si](C)(C)C)=C1. The standard InChI is InChI=1S/C12H25Si3/c1-13(2)11-8-9-12(10-11)15(6,7)14(3,4)5/h8,10H,9H2,1-7H3. The molecule has 15 heavy (non-hydrogen) atoms. The van der Waals surface area contributed by atoms with Crippen LogP contribution in [0, 0.1) is 0 Å². The van der Waals surface area contributed by atoms with Gasteiger partial charge in [-0.15, -0.1) is 0 Å². The molecule has 0 saturated carbocycles. The average molecular weight is 254 g/mol. The summed E-state index contributed by atoms with van der Waals surface area (Å²) in [6.45, 7) is 17.6. The lowest BCUT2D eigenvalue weighted by molar-refractivity contribution is 1.36. The minimum absolute atomic E-state index is 0.227. The van der Waals surface area contributed by atoms with Crippen molar-refractivity contribution in [3.63, 3.8) is 0 Å². The molecule has 1 rings (SSSR count). The van der Waals surface area contributed by atoms with Gasteiger partial charge in [0.15, 0.2) is 0 Å². The molecule has 0 fully saturated rings. The molecular weight excluding hydrogens is 228 g/mol. The third kappa shape index (κ3) is 2.63. The lowest BCUT2D eigenvalue weighted by Crippen LogP contribution is -2.53. The summed E-state index contributed by atoms with van der Waals surface area (Å²) in [6.07, 6.45) is 6.34. The van der Waals surface area contributed by atoms with E-state index >= 15 is 0 Å². The first-order chi connectivity index (χ1) is 6.66. The normalized spacial score (nSPS) is 18.1. The van der Waals surface area contributed by atoms with Crippen molar-refractivity contribution in [3.8, 4) is 0 Å². The van der Waals surface area contributed by atoms with Gasteiger partial charge >= 0.3 is 0 Å². The van der Waals surface area contributed by atoms with E-state index in [9.17, 15) is 0 Å². The van der Waals surface area contributed by atoms with Gasteiger partial charge in [0.05, 0.1) is 16.4 Å². The van der Waals surface area contributed by atoms with Gasteiger partial charge in [0, 0.05) is 7.59 Å². The second kappa shape index (κ2) is 4.18. The summed E-state index contributed by atoms with van der Waals surface area (Å²) in [4.78, 5) is 0. The van der Waals surface area contributed by atoms with E-state index in [1.807, 2.05) is 5.20 Å². The van der Waals surface area contributed by atoms with E-state index < -0.39 is 15.2 Å². The van der Waals surface area contributed by atoms with Crippen molar-refractivity contribution in [3.05, 3.63) is 22.5 Å². The molecule has 1 aliphatic carbocycles. The van der Waals surface area contributed by atoms with Gasteiger partial charge in [-0.1, -0.05) is 68.4 Å². The van der Waals surface area contributed by atoms with E-state index in [2.05, 4.69) is 58.0 Å². The van der Waals surface area contributed by atoms with Crippen LogP contribution in [0.4, 0.5) is 0 Å². The number of hydrogen-bond donors (Lipinski definition) is 0. The van der Waals surface area contributed by atoms with E-state index in [0.717, 1.165) is 0 Å². The minimum atomic E-state index is -1.10. The fourth-order valence-electron chi connectivity index (χ4n) is 1.79. The molecule has 3 heteroatoms. The Kier molecular flexibility index (Phi) is 3.68. The van der Waals surface area contributed by atoms with Gasteiger partial charge in [-0.2, -0.15) is 0 Å². The topological polar surface area (TPSA) is 0 Å². The van der Waals surface area contributed by atoms with Crippen molar-refractivity contribution in [2.75, 3.05) is 0 Å². The van der Waals surface area contributed by atoms with Crippen molar-refractivity contribution < 1.29 is 0 Å². The van der Waals surface area contributed by atoms with Gasteiger partial charge in [0.1, 0.15) is 0 Å². The molecule has 0 nitrogen and oxygen atoms in total. The Morgan fingerprint density at radius 2 is 1.60 bits per heavy atom. The van der Waals surface area contributed by atoms with Gasteiger partial charge < -0.3 is 0 Å². The molecule has 85 valence electrons. The molecule has 0 aromatic carbocycles. The van der Waals surface area contributed by atoms with Crippen molar-refractivity contribution in [1.29, 1.82) is 0 Å². The van der Waals surface area contributed by atoms with Crippen LogP contribution < -0.4 is 0 Å². The fraction of sp³-hybridized carbons (Fsp3) is 0.667. The molecule has 0 aliphatic heterocycles. The van der Waals surface area contributed by atoms with Crippen LogP contribution in [0.1, 0.15) is 6.42 Å². The first kappa shape index (κ1) is 13.2. The number of rotatable bonds is 3. The summed E-state index contributed by atoms with van der Waals surface area (Å²) in [5.74, 6) is 0. The smallest absolute Gasteiger partial charge is 0.0787 e. The molecule has 0 saturated heterocycles. The summed E-state index contributed by atoms with van der Waals surface area (Å²) >= 11 is 0. The molecule has 0 bridgehead atoms. The maximum absolute atomic E-state index is 2.58. The second-order valence-corrected chi connectivity index (χ2v) is 25.6. The highest BCUT2D eigenvalue weighted by Crippen LogP contribution is 2.33. The van der Waals surface area contributed by atoms with Crippen molar-refractivity contribution in [2.45, 2.75) is 52.2 Å². The Labute approximate surface area is 98.9 Å². The predicted octanol–water partition coefficient (Wildman–Crippen LogP) is 4.20. The van der Waals surface area contributed by atoms with Crippen molar-refractivity contribution in [2.24, 2.45) is 0 Å². The number of hydrogen-bond acceptors (Lipinski definition) is 0. The van der Waals surface area contributed by atoms with Crippen LogP contribution in [-0.4, -0.2) is 24.0 Å². The van der Waals surface area contributed by atoms with E-state index in [0.29, 0.717) is 0 Å². The predicted molar refractivity (Wildman–Crippen MR) is 79.1 cm³/mol. The van der Waals surface area contributed by atoms with Gasteiger partial charge in [0.25, 0.3) is 0 Å². The molecule has 1 aliphatic rings. The summed E-state index contributed by atoms with van der Waals surface area (Å²) in [5, 5.41) is 3.50. The molecule has 1 radical (unpaired) electrons. The lowest BCUT2D eigenvalue weighted by Gasteiger charge is -2.36. The van der Waals surface area contributed by atoms with Crippen LogP contribution in [0.3, 0.4) is 0 Å². The molecule has 0 aromatic rings. The van der Waals surface area contributed by atoms with E-state index in [4.69, 9.17) is 0 Å². The van der Waals surface area contributed by atoms with Crippen LogP contribution in [0.2, 0.25) is 45.8 Å². The maximum atomic E-state index is 2.58. The summed E-state index contributed by atoms with van der Waals surface area (Å²) in [5.41, 5.74) is 0. The molecule has 0 amide bonds. The largest absolute Gasteiger partial charge is 0.0819 e. The zero-order chi connectivity index (χ0) is 11.9. The Bertz CT molecular complexity index is 303. The van der Waals surface area contributed by atoms with E-state index in [-0.39, 0.29) is 8.80 Å². The van der Waals surface area contributed by atoms with Crippen LogP contribution in [0.25, 0.3) is 0 Å². The van der Waals surface area contributed by atoms with Crippen molar-refractivity contribution >= 4 is 24.0 Å². The van der Waals surface area contributed by atoms with Gasteiger partial charge in [0.2, 0.25) is 0 Å². The molecular formula is C12H25Si3. The second-order valence-electron chi connectivity index (χ2n) is 6.41. The van der Waals surface area contributed by atoms with Crippen LogP contribution in [0.5, 0.6) is 0 Å². The van der Waals surface area contributed by atoms with Crippen molar-refractivity contribution in [1.82, 2.24) is 0 Å². The van der Waals surface area contributed by atoms with Gasteiger partial charge in [-0.05, 0) is 6.42 Å². The van der Waals surface area contributed by atoms with E-state index in [1.54, 1.807) is 5.20 Å². The highest BCUT2D eigenvalue weighted by molar-refractivity contribution is 7.43. The molecule has 0 atom stereocenters. The molecule has 0 heterocycles. The fourth-order valence-corrected chi connectivity index (χ4v) is 8.41. The quantitative estimate of drug-likeness (QED) is 0.661. The Morgan fingerprint density at radius 3 is 1.93 bits per heavy atom. The first-order valence-electron chi connectivity index (χ1n) is 5.88. The molecule has 0 unspecified atom stereocenters. The summed E-state index contributed by atoms with van der Waals surface area (Å²) in [6, 6.07) is 0. The highest BCUT2D eigenvalue weighted by atomic mass is 29.3. The Balaban J connectivity index is 2.91. The van der Waals surface area contributed by atoms with Gasteiger partial charge in [-0.3, -0.25) is 0 Å². The lowest BCUT2D eigenvalue weighted by atomic mass is 10.5. The zero-order valence-electron chi connectivity index (χ0n) is 11.4. The molecule has 0 N–H and O–H groups in total. The third-order valence-corrected chi connectivity index (χ3v) is 23.5. The highest BCUT2D eigenvalue weighted by Gasteiger charge is 2.40. The maximum Gasteiger partial charge on any atom is 0.0787 e. The van der Waals surface area contributed by atoms with Gasteiger partial charge in [-0.25, -0.2) is 0 Å². The van der Waals surface area contributed by atoms with Crippen LogP contribution in [-0.2, 0) is 0 Å². The first-order valence-corrected chi connectivity index (χ1v) is 15.9. The van der Waals surface area contributed by atoms with Crippen LogP contribution >= 0.6 is 0 Å². The third-order valence-electron chi connectivity index (χ3n) is 4.13. The summed E-state index contributed by atoms with van der Waals surface area (Å²) in [7, 11) is -2.29. The Hall–Kier alpha value is 0.131. The Morgan fingerprint density at radius 1 is 1.07 bits per heavy atom. The molecule has 0 aromatic heterocycles. The van der Waals surface area contributed by atoms with E-state index in [1.165, 1.54) is 6.42 Å². The summed E-state index contributed by atoms with van der Waals surface area (Å²) < 4.78 is 0. The monoisotopic (exact) mass is 253 g/mol. The zero-order valence-corrected chi connectivity index (χ0v) is 14.4. The van der Waals surface area contributed by atoms with Crippen LogP contribution in [0.15, 0.2) is 22.5 Å². The minimum Gasteiger partial charge on any atom is -0.0819 e.